The molecule has 0 unspecified atom stereocenters. The number of hydrogen-bond donors (Lipinski definition) is 2. The molecule has 1 aromatic carbocycles. The number of benzene rings is 1. The number of halogens is 1. The molecule has 0 saturated heterocycles. The van der Waals surface area contributed by atoms with E-state index in [4.69, 9.17) is 11.6 Å². The van der Waals surface area contributed by atoms with Crippen molar-refractivity contribution in [3.8, 4) is 0 Å². The van der Waals surface area contributed by atoms with E-state index in [-0.39, 0.29) is 0 Å². The summed E-state index contributed by atoms with van der Waals surface area (Å²) >= 11 is 9.37. The Morgan fingerprint density at radius 3 is 2.67 bits per heavy atom. The van der Waals surface area contributed by atoms with Crippen molar-refractivity contribution in [2.24, 2.45) is 4.99 Å². The molecule has 0 radical (unpaired) electrons. The van der Waals surface area contributed by atoms with Crippen LogP contribution in [0, 0.1) is 13.8 Å². The Balaban J connectivity index is 1.59. The average molecular weight is 380 g/mol. The number of guanidine groups is 1. The molecule has 24 heavy (non-hydrogen) atoms. The molecule has 0 spiro atoms. The molecule has 0 aliphatic heterocycles. The topological polar surface area (TPSA) is 62.2 Å². The lowest BCUT2D eigenvalue weighted by Crippen LogP contribution is -2.36. The second kappa shape index (κ2) is 7.46. The standard InChI is InChI=1S/C16H18ClN5S2/c1-9-14(23-10(2)21-9)7-19-16(18-3)20-8-15-22-12-6-11(17)4-5-13(12)24-15/h4-6H,7-8H2,1-3H3,(H2,18,19,20). The molecule has 0 aliphatic carbocycles. The number of nitrogens with zero attached hydrogens (tertiary/aromatic N) is 3. The van der Waals surface area contributed by atoms with Gasteiger partial charge in [-0.05, 0) is 32.0 Å². The summed E-state index contributed by atoms with van der Waals surface area (Å²) in [6, 6.07) is 5.78. The molecule has 0 bridgehead atoms. The van der Waals surface area contributed by atoms with Crippen LogP contribution >= 0.6 is 34.3 Å². The first-order valence-electron chi connectivity index (χ1n) is 7.47. The quantitative estimate of drug-likeness (QED) is 0.533. The molecule has 2 aromatic heterocycles. The predicted octanol–water partition coefficient (Wildman–Crippen LogP) is 3.89. The van der Waals surface area contributed by atoms with E-state index in [1.807, 2.05) is 32.0 Å². The van der Waals surface area contributed by atoms with E-state index in [0.29, 0.717) is 18.1 Å². The van der Waals surface area contributed by atoms with Crippen LogP contribution in [-0.4, -0.2) is 23.0 Å². The number of hydrogen-bond acceptors (Lipinski definition) is 5. The first-order chi connectivity index (χ1) is 11.5. The molecule has 0 amide bonds. The number of aryl methyl sites for hydroxylation is 2. The SMILES string of the molecule is CN=C(NCc1nc2cc(Cl)ccc2s1)NCc1sc(C)nc1C. The van der Waals surface area contributed by atoms with Crippen LogP contribution in [0.1, 0.15) is 20.6 Å². The minimum Gasteiger partial charge on any atom is -0.351 e. The summed E-state index contributed by atoms with van der Waals surface area (Å²) in [4.78, 5) is 14.5. The highest BCUT2D eigenvalue weighted by Crippen LogP contribution is 2.24. The third-order valence-corrected chi connectivity index (χ3v) is 5.78. The molecule has 0 fully saturated rings. The lowest BCUT2D eigenvalue weighted by molar-refractivity contribution is 0.808. The largest absolute Gasteiger partial charge is 0.351 e. The molecular formula is C16H18ClN5S2. The molecule has 0 aliphatic rings. The molecule has 3 aromatic rings. The van der Waals surface area contributed by atoms with E-state index >= 15 is 0 Å². The van der Waals surface area contributed by atoms with Crippen molar-refractivity contribution in [3.05, 3.63) is 43.8 Å². The van der Waals surface area contributed by atoms with Gasteiger partial charge in [0.15, 0.2) is 5.96 Å². The zero-order valence-electron chi connectivity index (χ0n) is 13.7. The van der Waals surface area contributed by atoms with Crippen LogP contribution in [0.5, 0.6) is 0 Å². The van der Waals surface area contributed by atoms with Crippen molar-refractivity contribution in [1.29, 1.82) is 0 Å². The fraction of sp³-hybridized carbons (Fsp3) is 0.312. The van der Waals surface area contributed by atoms with Gasteiger partial charge in [-0.1, -0.05) is 11.6 Å². The number of aromatic nitrogens is 2. The van der Waals surface area contributed by atoms with E-state index in [1.165, 1.54) is 4.88 Å². The Hall–Kier alpha value is -1.70. The normalized spacial score (nSPS) is 11.9. The average Bonchev–Trinajstić information content (AvgIpc) is 3.09. The number of aliphatic imine (C=N–C) groups is 1. The molecule has 2 heterocycles. The highest BCUT2D eigenvalue weighted by atomic mass is 35.5. The molecule has 0 atom stereocenters. The molecule has 2 N–H and O–H groups in total. The first kappa shape index (κ1) is 17.1. The van der Waals surface area contributed by atoms with Gasteiger partial charge in [0.1, 0.15) is 5.01 Å². The van der Waals surface area contributed by atoms with Gasteiger partial charge < -0.3 is 10.6 Å². The van der Waals surface area contributed by atoms with Gasteiger partial charge >= 0.3 is 0 Å². The smallest absolute Gasteiger partial charge is 0.191 e. The fourth-order valence-corrected chi connectivity index (χ4v) is 4.24. The second-order valence-corrected chi connectivity index (χ2v) is 8.08. The van der Waals surface area contributed by atoms with E-state index in [0.717, 1.165) is 31.9 Å². The maximum Gasteiger partial charge on any atom is 0.191 e. The number of nitrogens with one attached hydrogen (secondary N) is 2. The Morgan fingerprint density at radius 1 is 1.17 bits per heavy atom. The summed E-state index contributed by atoms with van der Waals surface area (Å²) in [5.74, 6) is 0.748. The zero-order chi connectivity index (χ0) is 17.1. The van der Waals surface area contributed by atoms with E-state index in [2.05, 4.69) is 25.6 Å². The van der Waals surface area contributed by atoms with Gasteiger partial charge in [0.25, 0.3) is 0 Å². The summed E-state index contributed by atoms with van der Waals surface area (Å²) in [6.07, 6.45) is 0. The Labute approximate surface area is 153 Å². The maximum absolute atomic E-state index is 6.01. The van der Waals surface area contributed by atoms with Crippen molar-refractivity contribution in [1.82, 2.24) is 20.6 Å². The van der Waals surface area contributed by atoms with Gasteiger partial charge in [-0.2, -0.15) is 0 Å². The van der Waals surface area contributed by atoms with Crippen LogP contribution in [0.4, 0.5) is 0 Å². The van der Waals surface area contributed by atoms with Crippen LogP contribution in [0.25, 0.3) is 10.2 Å². The highest BCUT2D eigenvalue weighted by Gasteiger charge is 2.08. The Kier molecular flexibility index (Phi) is 5.33. The lowest BCUT2D eigenvalue weighted by Gasteiger charge is -2.10. The van der Waals surface area contributed by atoms with Gasteiger partial charge in [-0.25, -0.2) is 9.97 Å². The summed E-state index contributed by atoms with van der Waals surface area (Å²) in [7, 11) is 1.76. The van der Waals surface area contributed by atoms with Crippen LogP contribution in [-0.2, 0) is 13.1 Å². The van der Waals surface area contributed by atoms with Crippen molar-refractivity contribution >= 4 is 50.5 Å². The van der Waals surface area contributed by atoms with Crippen molar-refractivity contribution < 1.29 is 0 Å². The number of fused-ring (bicyclic) bond motifs is 1. The third kappa shape index (κ3) is 4.03. The highest BCUT2D eigenvalue weighted by molar-refractivity contribution is 7.18. The molecule has 8 heteroatoms. The van der Waals surface area contributed by atoms with Gasteiger partial charge in [0, 0.05) is 16.9 Å². The zero-order valence-corrected chi connectivity index (χ0v) is 16.1. The predicted molar refractivity (Wildman–Crippen MR) is 103 cm³/mol. The molecule has 5 nitrogen and oxygen atoms in total. The lowest BCUT2D eigenvalue weighted by atomic mass is 10.3. The van der Waals surface area contributed by atoms with Crippen LogP contribution in [0.2, 0.25) is 5.02 Å². The molecule has 3 rings (SSSR count). The maximum atomic E-state index is 6.01. The third-order valence-electron chi connectivity index (χ3n) is 3.44. The molecule has 0 saturated carbocycles. The molecule has 126 valence electrons. The number of rotatable bonds is 4. The fourth-order valence-electron chi connectivity index (χ4n) is 2.31. The van der Waals surface area contributed by atoms with E-state index < -0.39 is 0 Å². The van der Waals surface area contributed by atoms with E-state index in [9.17, 15) is 0 Å². The van der Waals surface area contributed by atoms with Gasteiger partial charge in [-0.3, -0.25) is 4.99 Å². The summed E-state index contributed by atoms with van der Waals surface area (Å²) in [5, 5.41) is 9.41. The minimum atomic E-state index is 0.622. The van der Waals surface area contributed by atoms with Gasteiger partial charge in [0.05, 0.1) is 34.0 Å². The Morgan fingerprint density at radius 2 is 1.96 bits per heavy atom. The molecular weight excluding hydrogens is 362 g/mol. The van der Waals surface area contributed by atoms with Crippen molar-refractivity contribution in [3.63, 3.8) is 0 Å². The van der Waals surface area contributed by atoms with Crippen LogP contribution in [0.3, 0.4) is 0 Å². The number of thiazole rings is 2. The second-order valence-electron chi connectivity index (χ2n) is 5.24. The van der Waals surface area contributed by atoms with Crippen LogP contribution < -0.4 is 10.6 Å². The Bertz CT molecular complexity index is 884. The summed E-state index contributed by atoms with van der Waals surface area (Å²) in [5.41, 5.74) is 2.01. The summed E-state index contributed by atoms with van der Waals surface area (Å²) in [6.45, 7) is 5.39. The summed E-state index contributed by atoms with van der Waals surface area (Å²) < 4.78 is 1.13. The van der Waals surface area contributed by atoms with Crippen LogP contribution in [0.15, 0.2) is 23.2 Å². The van der Waals surface area contributed by atoms with Crippen molar-refractivity contribution in [2.75, 3.05) is 7.05 Å². The van der Waals surface area contributed by atoms with E-state index in [1.54, 1.807) is 29.7 Å². The van der Waals surface area contributed by atoms with Gasteiger partial charge in [0.2, 0.25) is 0 Å². The van der Waals surface area contributed by atoms with Crippen molar-refractivity contribution in [2.45, 2.75) is 26.9 Å². The minimum absolute atomic E-state index is 0.622. The monoisotopic (exact) mass is 379 g/mol. The van der Waals surface area contributed by atoms with Gasteiger partial charge in [-0.15, -0.1) is 22.7 Å². The first-order valence-corrected chi connectivity index (χ1v) is 9.48.